The van der Waals surface area contributed by atoms with E-state index in [9.17, 15) is 18.0 Å². The van der Waals surface area contributed by atoms with Crippen LogP contribution in [0.4, 0.5) is 4.79 Å². The van der Waals surface area contributed by atoms with E-state index in [1.807, 2.05) is 0 Å². The van der Waals surface area contributed by atoms with E-state index in [1.54, 1.807) is 20.8 Å². The molecule has 3 N–H and O–H groups in total. The van der Waals surface area contributed by atoms with Crippen LogP contribution >= 0.6 is 0 Å². The van der Waals surface area contributed by atoms with Crippen LogP contribution in [0.2, 0.25) is 0 Å². The molecule has 0 saturated heterocycles. The van der Waals surface area contributed by atoms with Crippen LogP contribution in [0.15, 0.2) is 0 Å². The van der Waals surface area contributed by atoms with Crippen molar-refractivity contribution in [2.75, 3.05) is 25.4 Å². The van der Waals surface area contributed by atoms with Crippen LogP contribution in [0.3, 0.4) is 0 Å². The smallest absolute Gasteiger partial charge is 0.407 e. The maximum atomic E-state index is 11.4. The summed E-state index contributed by atoms with van der Waals surface area (Å²) in [4.78, 5) is 22.7. The van der Waals surface area contributed by atoms with Crippen molar-refractivity contribution in [1.29, 1.82) is 0 Å². The molecule has 0 aliphatic carbocycles. The number of carbonyl (C=O) groups is 2. The van der Waals surface area contributed by atoms with Gasteiger partial charge in [-0.15, -0.1) is 0 Å². The Morgan fingerprint density at radius 1 is 1.05 bits per heavy atom. The molecule has 0 heterocycles. The number of rotatable bonds is 8. The van der Waals surface area contributed by atoms with Crippen molar-refractivity contribution >= 4 is 22.0 Å². The van der Waals surface area contributed by atoms with E-state index >= 15 is 0 Å². The summed E-state index contributed by atoms with van der Waals surface area (Å²) in [5.41, 5.74) is -0.581. The molecule has 21 heavy (non-hydrogen) atoms. The van der Waals surface area contributed by atoms with Crippen LogP contribution in [-0.2, 0) is 19.6 Å². The molecule has 0 aromatic heterocycles. The quantitative estimate of drug-likeness (QED) is 0.542. The number of ether oxygens (including phenoxy) is 1. The van der Waals surface area contributed by atoms with Crippen molar-refractivity contribution in [3.05, 3.63) is 0 Å². The Balaban J connectivity index is 3.71. The van der Waals surface area contributed by atoms with Gasteiger partial charge < -0.3 is 15.4 Å². The number of alkyl carbamates (subject to hydrolysis) is 1. The van der Waals surface area contributed by atoms with Gasteiger partial charge in [0.05, 0.1) is 5.75 Å². The molecule has 0 aromatic rings. The van der Waals surface area contributed by atoms with Gasteiger partial charge in [-0.05, 0) is 27.7 Å². The molecule has 0 spiro atoms. The van der Waals surface area contributed by atoms with Crippen LogP contribution < -0.4 is 15.4 Å². The van der Waals surface area contributed by atoms with Crippen molar-refractivity contribution < 1.29 is 22.7 Å². The highest BCUT2D eigenvalue weighted by Gasteiger charge is 2.15. The van der Waals surface area contributed by atoms with Gasteiger partial charge >= 0.3 is 6.09 Å². The SMILES string of the molecule is CCS(=O)(=O)NCCNC(=O)CCNC(=O)OC(C)(C)C. The van der Waals surface area contributed by atoms with Gasteiger partial charge in [0, 0.05) is 26.1 Å². The highest BCUT2D eigenvalue weighted by molar-refractivity contribution is 7.89. The monoisotopic (exact) mass is 323 g/mol. The molecular formula is C12H25N3O5S. The number of hydrogen-bond acceptors (Lipinski definition) is 5. The lowest BCUT2D eigenvalue weighted by Crippen LogP contribution is -2.37. The zero-order valence-electron chi connectivity index (χ0n) is 13.0. The molecule has 124 valence electrons. The van der Waals surface area contributed by atoms with Gasteiger partial charge in [0.15, 0.2) is 0 Å². The Kier molecular flexibility index (Phi) is 8.26. The van der Waals surface area contributed by atoms with Crippen molar-refractivity contribution in [2.45, 2.75) is 39.7 Å². The third-order valence-electron chi connectivity index (χ3n) is 2.17. The van der Waals surface area contributed by atoms with E-state index in [0.29, 0.717) is 0 Å². The molecule has 0 rings (SSSR count). The van der Waals surface area contributed by atoms with E-state index in [-0.39, 0.29) is 37.7 Å². The Hall–Kier alpha value is -1.35. The second-order valence-corrected chi connectivity index (χ2v) is 7.42. The molecule has 0 aliphatic rings. The third-order valence-corrected chi connectivity index (χ3v) is 3.57. The van der Waals surface area contributed by atoms with Crippen LogP contribution in [-0.4, -0.2) is 51.4 Å². The fourth-order valence-corrected chi connectivity index (χ4v) is 1.81. The Bertz CT molecular complexity index is 442. The first-order chi connectivity index (χ1) is 9.56. The predicted octanol–water partition coefficient (Wildman–Crippen LogP) is -0.0433. The zero-order valence-corrected chi connectivity index (χ0v) is 13.8. The Morgan fingerprint density at radius 2 is 1.67 bits per heavy atom. The van der Waals surface area contributed by atoms with Crippen LogP contribution in [0.1, 0.15) is 34.1 Å². The van der Waals surface area contributed by atoms with E-state index in [2.05, 4.69) is 15.4 Å². The summed E-state index contributed by atoms with van der Waals surface area (Å²) in [5.74, 6) is -0.275. The van der Waals surface area contributed by atoms with E-state index in [0.717, 1.165) is 0 Å². The first kappa shape index (κ1) is 19.7. The van der Waals surface area contributed by atoms with E-state index < -0.39 is 21.7 Å². The van der Waals surface area contributed by atoms with Gasteiger partial charge in [-0.25, -0.2) is 17.9 Å². The first-order valence-corrected chi connectivity index (χ1v) is 8.42. The summed E-state index contributed by atoms with van der Waals surface area (Å²) in [6.07, 6.45) is -0.481. The van der Waals surface area contributed by atoms with Gasteiger partial charge in [-0.3, -0.25) is 4.79 Å². The van der Waals surface area contributed by atoms with E-state index in [4.69, 9.17) is 4.74 Å². The largest absolute Gasteiger partial charge is 0.444 e. The normalized spacial score (nSPS) is 11.8. The summed E-state index contributed by atoms with van der Waals surface area (Å²) < 4.78 is 29.6. The Morgan fingerprint density at radius 3 is 2.19 bits per heavy atom. The first-order valence-electron chi connectivity index (χ1n) is 6.76. The molecule has 0 bridgehead atoms. The van der Waals surface area contributed by atoms with Gasteiger partial charge in [0.2, 0.25) is 15.9 Å². The van der Waals surface area contributed by atoms with Gasteiger partial charge in [0.25, 0.3) is 0 Å². The summed E-state index contributed by atoms with van der Waals surface area (Å²) >= 11 is 0. The topological polar surface area (TPSA) is 114 Å². The third kappa shape index (κ3) is 12.1. The number of hydrogen-bond donors (Lipinski definition) is 3. The highest BCUT2D eigenvalue weighted by atomic mass is 32.2. The fraction of sp³-hybridized carbons (Fsp3) is 0.833. The lowest BCUT2D eigenvalue weighted by Gasteiger charge is -2.19. The lowest BCUT2D eigenvalue weighted by atomic mass is 10.2. The molecule has 9 heteroatoms. The molecule has 0 atom stereocenters. The average molecular weight is 323 g/mol. The van der Waals surface area contributed by atoms with Gasteiger partial charge in [-0.2, -0.15) is 0 Å². The molecule has 0 saturated carbocycles. The molecule has 8 nitrogen and oxygen atoms in total. The molecule has 0 aromatic carbocycles. The zero-order chi connectivity index (χ0) is 16.5. The van der Waals surface area contributed by atoms with Crippen molar-refractivity contribution in [3.8, 4) is 0 Å². The molecular weight excluding hydrogens is 298 g/mol. The number of nitrogens with one attached hydrogen (secondary N) is 3. The summed E-state index contributed by atoms with van der Waals surface area (Å²) in [6.45, 7) is 7.26. The fourth-order valence-electron chi connectivity index (χ4n) is 1.19. The minimum absolute atomic E-state index is 0.000749. The summed E-state index contributed by atoms with van der Waals surface area (Å²) in [6, 6.07) is 0. The molecule has 0 fully saturated rings. The molecule has 0 radical (unpaired) electrons. The average Bonchev–Trinajstić information content (AvgIpc) is 2.32. The molecule has 0 aliphatic heterocycles. The maximum Gasteiger partial charge on any atom is 0.407 e. The van der Waals surface area contributed by atoms with Crippen molar-refractivity contribution in [2.24, 2.45) is 0 Å². The minimum atomic E-state index is -3.24. The number of amides is 2. The molecule has 2 amide bonds. The van der Waals surface area contributed by atoms with E-state index in [1.165, 1.54) is 6.92 Å². The number of carbonyl (C=O) groups excluding carboxylic acids is 2. The predicted molar refractivity (Wildman–Crippen MR) is 79.3 cm³/mol. The van der Waals surface area contributed by atoms with Crippen LogP contribution in [0.25, 0.3) is 0 Å². The van der Waals surface area contributed by atoms with Crippen LogP contribution in [0.5, 0.6) is 0 Å². The van der Waals surface area contributed by atoms with Gasteiger partial charge in [0.1, 0.15) is 5.60 Å². The Labute approximate surface area is 126 Å². The lowest BCUT2D eigenvalue weighted by molar-refractivity contribution is -0.120. The maximum absolute atomic E-state index is 11.4. The molecule has 0 unspecified atom stereocenters. The minimum Gasteiger partial charge on any atom is -0.444 e. The van der Waals surface area contributed by atoms with Crippen LogP contribution in [0, 0.1) is 0 Å². The second kappa shape index (κ2) is 8.83. The summed E-state index contributed by atoms with van der Waals surface area (Å²) in [5, 5.41) is 5.00. The standard InChI is InChI=1S/C12H25N3O5S/c1-5-21(18,19)15-9-8-13-10(16)6-7-14-11(17)20-12(2,3)4/h15H,5-9H2,1-4H3,(H,13,16)(H,14,17). The summed E-state index contributed by atoms with van der Waals surface area (Å²) in [7, 11) is -3.24. The highest BCUT2D eigenvalue weighted by Crippen LogP contribution is 2.06. The van der Waals surface area contributed by atoms with Crippen molar-refractivity contribution in [1.82, 2.24) is 15.4 Å². The number of sulfonamides is 1. The second-order valence-electron chi connectivity index (χ2n) is 5.33. The van der Waals surface area contributed by atoms with Crippen molar-refractivity contribution in [3.63, 3.8) is 0 Å². The van der Waals surface area contributed by atoms with Gasteiger partial charge in [-0.1, -0.05) is 0 Å².